The molecule has 9 nitrogen and oxygen atoms in total. The molecular weight excluding hydrogens is 442 g/mol. The van der Waals surface area contributed by atoms with Gasteiger partial charge in [-0.1, -0.05) is 18.2 Å². The summed E-state index contributed by atoms with van der Waals surface area (Å²) in [6.07, 6.45) is -0.000621. The minimum Gasteiger partial charge on any atom is -0.454 e. The number of amides is 2. The van der Waals surface area contributed by atoms with E-state index in [0.717, 1.165) is 11.3 Å². The van der Waals surface area contributed by atoms with E-state index in [1.165, 1.54) is 12.1 Å². The fourth-order valence-corrected chi connectivity index (χ4v) is 4.83. The van der Waals surface area contributed by atoms with Crippen LogP contribution in [0.5, 0.6) is 11.5 Å². The van der Waals surface area contributed by atoms with Crippen LogP contribution in [0.25, 0.3) is 0 Å². The zero-order valence-corrected chi connectivity index (χ0v) is 17.6. The summed E-state index contributed by atoms with van der Waals surface area (Å²) in [5.41, 5.74) is 6.03. The molecule has 31 heavy (non-hydrogen) atoms. The van der Waals surface area contributed by atoms with E-state index in [-0.39, 0.29) is 17.4 Å². The number of sulfonamides is 1. The van der Waals surface area contributed by atoms with E-state index >= 15 is 0 Å². The standard InChI is InChI=1S/C20H17N3O6S2/c24-18(21-22-20(25)14-5-8-16-17(11-14)29-12-28-16)10-13-3-6-15(7-4-13)23-31(26,27)19-2-1-9-30-19/h1-9,11,23H,10,12H2,(H,21,24)(H,22,25). The summed E-state index contributed by atoms with van der Waals surface area (Å²) in [6, 6.07) is 14.3. The van der Waals surface area contributed by atoms with Crippen molar-refractivity contribution in [3.05, 3.63) is 71.1 Å². The van der Waals surface area contributed by atoms with Crippen LogP contribution in [0, 0.1) is 0 Å². The van der Waals surface area contributed by atoms with E-state index in [2.05, 4.69) is 15.6 Å². The molecule has 0 saturated heterocycles. The van der Waals surface area contributed by atoms with Crippen LogP contribution in [-0.4, -0.2) is 27.0 Å². The van der Waals surface area contributed by atoms with Gasteiger partial charge in [-0.05, 0) is 47.3 Å². The molecule has 160 valence electrons. The molecule has 0 fully saturated rings. The fourth-order valence-electron chi connectivity index (χ4n) is 2.78. The third-order valence-corrected chi connectivity index (χ3v) is 7.06. The molecule has 2 amide bonds. The Kier molecular flexibility index (Phi) is 5.78. The molecule has 4 rings (SSSR count). The van der Waals surface area contributed by atoms with Gasteiger partial charge < -0.3 is 9.47 Å². The number of benzene rings is 2. The Morgan fingerprint density at radius 3 is 2.48 bits per heavy atom. The average Bonchev–Trinajstić information content (AvgIpc) is 3.45. The Morgan fingerprint density at radius 1 is 0.968 bits per heavy atom. The molecule has 0 spiro atoms. The number of thiophene rings is 1. The number of anilines is 1. The van der Waals surface area contributed by atoms with Crippen LogP contribution in [0.2, 0.25) is 0 Å². The molecule has 0 atom stereocenters. The quantitative estimate of drug-likeness (QED) is 0.486. The van der Waals surface area contributed by atoms with Gasteiger partial charge >= 0.3 is 0 Å². The second-order valence-electron chi connectivity index (χ2n) is 6.48. The summed E-state index contributed by atoms with van der Waals surface area (Å²) >= 11 is 1.12. The molecular formula is C20H17N3O6S2. The van der Waals surface area contributed by atoms with Crippen molar-refractivity contribution in [2.45, 2.75) is 10.6 Å². The Bertz CT molecular complexity index is 1210. The predicted octanol–water partition coefficient (Wildman–Crippen LogP) is 2.28. The smallest absolute Gasteiger partial charge is 0.271 e. The predicted molar refractivity (Wildman–Crippen MR) is 113 cm³/mol. The van der Waals surface area contributed by atoms with Gasteiger partial charge in [-0.2, -0.15) is 0 Å². The van der Waals surface area contributed by atoms with Gasteiger partial charge in [0.05, 0.1) is 6.42 Å². The highest BCUT2D eigenvalue weighted by Crippen LogP contribution is 2.32. The van der Waals surface area contributed by atoms with Crippen molar-refractivity contribution in [3.63, 3.8) is 0 Å². The molecule has 1 aliphatic heterocycles. The first-order valence-electron chi connectivity index (χ1n) is 9.05. The van der Waals surface area contributed by atoms with Crippen LogP contribution >= 0.6 is 11.3 Å². The van der Waals surface area contributed by atoms with Crippen LogP contribution in [0.1, 0.15) is 15.9 Å². The van der Waals surface area contributed by atoms with E-state index in [4.69, 9.17) is 9.47 Å². The molecule has 0 unspecified atom stereocenters. The molecule has 0 radical (unpaired) electrons. The van der Waals surface area contributed by atoms with E-state index in [1.54, 1.807) is 47.8 Å². The van der Waals surface area contributed by atoms with Crippen LogP contribution in [0.3, 0.4) is 0 Å². The largest absolute Gasteiger partial charge is 0.454 e. The minimum atomic E-state index is -3.63. The molecule has 11 heteroatoms. The van der Waals surface area contributed by atoms with Crippen molar-refractivity contribution in [2.75, 3.05) is 11.5 Å². The highest BCUT2D eigenvalue weighted by atomic mass is 32.2. The van der Waals surface area contributed by atoms with Crippen molar-refractivity contribution < 1.29 is 27.5 Å². The Hall–Kier alpha value is -3.57. The number of ether oxygens (including phenoxy) is 2. The number of carbonyl (C=O) groups excluding carboxylic acids is 2. The van der Waals surface area contributed by atoms with Crippen LogP contribution in [0.15, 0.2) is 64.2 Å². The summed E-state index contributed by atoms with van der Waals surface area (Å²) in [6.45, 7) is 0.103. The Balaban J connectivity index is 1.29. The van der Waals surface area contributed by atoms with E-state index in [0.29, 0.717) is 28.3 Å². The second kappa shape index (κ2) is 8.66. The van der Waals surface area contributed by atoms with Gasteiger partial charge in [0, 0.05) is 11.3 Å². The fraction of sp³-hybridized carbons (Fsp3) is 0.100. The maximum atomic E-state index is 12.2. The summed E-state index contributed by atoms with van der Waals surface area (Å²) in [5, 5.41) is 1.68. The first-order chi connectivity index (χ1) is 14.9. The van der Waals surface area contributed by atoms with Gasteiger partial charge in [-0.25, -0.2) is 8.42 Å². The summed E-state index contributed by atoms with van der Waals surface area (Å²) in [7, 11) is -3.63. The number of rotatable bonds is 6. The van der Waals surface area contributed by atoms with Crippen molar-refractivity contribution in [1.29, 1.82) is 0 Å². The SMILES string of the molecule is O=C(Cc1ccc(NS(=O)(=O)c2cccs2)cc1)NNC(=O)c1ccc2c(c1)OCO2. The summed E-state index contributed by atoms with van der Waals surface area (Å²) < 4.78 is 37.6. The third-order valence-electron chi connectivity index (χ3n) is 4.28. The summed E-state index contributed by atoms with van der Waals surface area (Å²) in [4.78, 5) is 24.3. The normalized spacial score (nSPS) is 12.3. The molecule has 1 aromatic heterocycles. The average molecular weight is 460 g/mol. The highest BCUT2D eigenvalue weighted by molar-refractivity contribution is 7.94. The van der Waals surface area contributed by atoms with Crippen molar-refractivity contribution >= 4 is 38.9 Å². The molecule has 3 aromatic rings. The van der Waals surface area contributed by atoms with Crippen molar-refractivity contribution in [3.8, 4) is 11.5 Å². The van der Waals surface area contributed by atoms with Crippen molar-refractivity contribution in [2.24, 2.45) is 0 Å². The zero-order valence-electron chi connectivity index (χ0n) is 16.0. The van der Waals surface area contributed by atoms with Gasteiger partial charge in [0.25, 0.3) is 15.9 Å². The highest BCUT2D eigenvalue weighted by Gasteiger charge is 2.17. The van der Waals surface area contributed by atoms with Gasteiger partial charge in [-0.15, -0.1) is 11.3 Å². The number of hydrazine groups is 1. The Labute approximate surface area is 182 Å². The number of fused-ring (bicyclic) bond motifs is 1. The molecule has 0 aliphatic carbocycles. The van der Waals surface area contributed by atoms with Crippen LogP contribution in [0.4, 0.5) is 5.69 Å². The first kappa shape index (κ1) is 20.7. The lowest BCUT2D eigenvalue weighted by Gasteiger charge is -2.09. The number of hydrogen-bond donors (Lipinski definition) is 3. The van der Waals surface area contributed by atoms with Gasteiger partial charge in [0.1, 0.15) is 4.21 Å². The lowest BCUT2D eigenvalue weighted by molar-refractivity contribution is -0.121. The first-order valence-corrected chi connectivity index (χ1v) is 11.4. The molecule has 3 N–H and O–H groups in total. The number of hydrogen-bond acceptors (Lipinski definition) is 7. The van der Waals surface area contributed by atoms with Gasteiger partial charge in [-0.3, -0.25) is 25.2 Å². The lowest BCUT2D eigenvalue weighted by Crippen LogP contribution is -2.42. The van der Waals surface area contributed by atoms with E-state index in [9.17, 15) is 18.0 Å². The minimum absolute atomic E-state index is 0.000621. The van der Waals surface area contributed by atoms with Crippen LogP contribution in [-0.2, 0) is 21.2 Å². The lowest BCUT2D eigenvalue weighted by atomic mass is 10.1. The maximum absolute atomic E-state index is 12.2. The van der Waals surface area contributed by atoms with Gasteiger partial charge in [0.15, 0.2) is 11.5 Å². The zero-order chi connectivity index (χ0) is 21.8. The van der Waals surface area contributed by atoms with E-state index < -0.39 is 21.8 Å². The number of carbonyl (C=O) groups is 2. The second-order valence-corrected chi connectivity index (χ2v) is 9.34. The molecule has 0 bridgehead atoms. The van der Waals surface area contributed by atoms with Crippen molar-refractivity contribution in [1.82, 2.24) is 10.9 Å². The number of nitrogens with one attached hydrogen (secondary N) is 3. The molecule has 2 aromatic carbocycles. The van der Waals surface area contributed by atoms with E-state index in [1.807, 2.05) is 0 Å². The monoisotopic (exact) mass is 459 g/mol. The maximum Gasteiger partial charge on any atom is 0.271 e. The van der Waals surface area contributed by atoms with Crippen LogP contribution < -0.4 is 25.0 Å². The third kappa shape index (κ3) is 4.95. The molecule has 0 saturated carbocycles. The molecule has 2 heterocycles. The molecule has 1 aliphatic rings. The summed E-state index contributed by atoms with van der Waals surface area (Å²) in [5.74, 6) is 0.0986. The topological polar surface area (TPSA) is 123 Å². The Morgan fingerprint density at radius 2 is 1.74 bits per heavy atom. The van der Waals surface area contributed by atoms with Gasteiger partial charge in [0.2, 0.25) is 12.7 Å².